The molecule has 0 aromatic heterocycles. The number of hydrogen-bond acceptors (Lipinski definition) is 1. The Morgan fingerprint density at radius 2 is 1.77 bits per heavy atom. The van der Waals surface area contributed by atoms with Crippen LogP contribution in [-0.2, 0) is 0 Å². The molecule has 0 aliphatic carbocycles. The van der Waals surface area contributed by atoms with Gasteiger partial charge < -0.3 is 5.32 Å². The summed E-state index contributed by atoms with van der Waals surface area (Å²) in [6, 6.07) is 0. The van der Waals surface area contributed by atoms with E-state index in [0.717, 1.165) is 18.4 Å². The van der Waals surface area contributed by atoms with Crippen LogP contribution in [0.2, 0.25) is 0 Å². The van der Waals surface area contributed by atoms with E-state index in [1.54, 1.807) is 0 Å². The fourth-order valence-electron chi connectivity index (χ4n) is 1.84. The van der Waals surface area contributed by atoms with Crippen LogP contribution < -0.4 is 5.32 Å². The second-order valence-electron chi connectivity index (χ2n) is 4.58. The molecule has 1 N–H and O–H groups in total. The molecule has 13 heavy (non-hydrogen) atoms. The Labute approximate surface area is 84.3 Å². The van der Waals surface area contributed by atoms with E-state index in [0.29, 0.717) is 0 Å². The van der Waals surface area contributed by atoms with E-state index in [1.807, 2.05) is 0 Å². The SMILES string of the molecule is CCNCCCCC(C)CC(C)C. The van der Waals surface area contributed by atoms with Gasteiger partial charge in [0.15, 0.2) is 0 Å². The zero-order valence-corrected chi connectivity index (χ0v) is 9.90. The topological polar surface area (TPSA) is 12.0 Å². The summed E-state index contributed by atoms with van der Waals surface area (Å²) in [5, 5.41) is 3.36. The first kappa shape index (κ1) is 13.0. The molecule has 80 valence electrons. The van der Waals surface area contributed by atoms with Gasteiger partial charge in [0.1, 0.15) is 0 Å². The lowest BCUT2D eigenvalue weighted by Crippen LogP contribution is -2.14. The quantitative estimate of drug-likeness (QED) is 0.571. The minimum Gasteiger partial charge on any atom is -0.317 e. The highest BCUT2D eigenvalue weighted by Crippen LogP contribution is 2.16. The van der Waals surface area contributed by atoms with Crippen LogP contribution in [-0.4, -0.2) is 13.1 Å². The van der Waals surface area contributed by atoms with Crippen molar-refractivity contribution >= 4 is 0 Å². The second-order valence-corrected chi connectivity index (χ2v) is 4.58. The predicted octanol–water partition coefficient (Wildman–Crippen LogP) is 3.45. The Hall–Kier alpha value is -0.0400. The van der Waals surface area contributed by atoms with Gasteiger partial charge in [0, 0.05) is 0 Å². The predicted molar refractivity (Wildman–Crippen MR) is 61.0 cm³/mol. The highest BCUT2D eigenvalue weighted by Gasteiger charge is 2.03. The lowest BCUT2D eigenvalue weighted by atomic mass is 9.94. The molecule has 0 aliphatic heterocycles. The van der Waals surface area contributed by atoms with Crippen molar-refractivity contribution in [1.29, 1.82) is 0 Å². The van der Waals surface area contributed by atoms with Crippen LogP contribution in [0.15, 0.2) is 0 Å². The van der Waals surface area contributed by atoms with Crippen molar-refractivity contribution in [3.05, 3.63) is 0 Å². The minimum atomic E-state index is 0.865. The van der Waals surface area contributed by atoms with Crippen LogP contribution >= 0.6 is 0 Å². The van der Waals surface area contributed by atoms with Crippen molar-refractivity contribution in [3.8, 4) is 0 Å². The van der Waals surface area contributed by atoms with Gasteiger partial charge in [-0.2, -0.15) is 0 Å². The first-order valence-corrected chi connectivity index (χ1v) is 5.87. The van der Waals surface area contributed by atoms with E-state index in [-0.39, 0.29) is 0 Å². The van der Waals surface area contributed by atoms with Crippen molar-refractivity contribution < 1.29 is 0 Å². The third-order valence-electron chi connectivity index (χ3n) is 2.42. The summed E-state index contributed by atoms with van der Waals surface area (Å²) in [6.45, 7) is 11.5. The zero-order valence-electron chi connectivity index (χ0n) is 9.90. The maximum atomic E-state index is 3.36. The summed E-state index contributed by atoms with van der Waals surface area (Å²) in [6.07, 6.45) is 5.53. The van der Waals surface area contributed by atoms with Crippen LogP contribution in [0.4, 0.5) is 0 Å². The van der Waals surface area contributed by atoms with E-state index >= 15 is 0 Å². The van der Waals surface area contributed by atoms with E-state index in [1.165, 1.54) is 32.2 Å². The van der Waals surface area contributed by atoms with Crippen LogP contribution in [0.3, 0.4) is 0 Å². The molecule has 1 atom stereocenters. The van der Waals surface area contributed by atoms with Gasteiger partial charge in [0.05, 0.1) is 0 Å². The van der Waals surface area contributed by atoms with Crippen LogP contribution in [0, 0.1) is 11.8 Å². The Bertz CT molecular complexity index is 99.3. The molecule has 0 aromatic carbocycles. The molecule has 0 saturated carbocycles. The normalized spacial score (nSPS) is 13.6. The molecule has 0 heterocycles. The monoisotopic (exact) mass is 185 g/mol. The van der Waals surface area contributed by atoms with E-state index in [9.17, 15) is 0 Å². The van der Waals surface area contributed by atoms with Crippen molar-refractivity contribution in [2.75, 3.05) is 13.1 Å². The fraction of sp³-hybridized carbons (Fsp3) is 1.00. The maximum Gasteiger partial charge on any atom is -0.00490 e. The first-order chi connectivity index (χ1) is 6.16. The molecule has 0 spiro atoms. The number of nitrogens with one attached hydrogen (secondary N) is 1. The lowest BCUT2D eigenvalue weighted by Gasteiger charge is -2.13. The van der Waals surface area contributed by atoms with Gasteiger partial charge >= 0.3 is 0 Å². The van der Waals surface area contributed by atoms with Crippen molar-refractivity contribution in [1.82, 2.24) is 5.32 Å². The zero-order chi connectivity index (χ0) is 10.1. The molecule has 0 aliphatic rings. The second kappa shape index (κ2) is 8.55. The van der Waals surface area contributed by atoms with Gasteiger partial charge in [0.25, 0.3) is 0 Å². The van der Waals surface area contributed by atoms with Gasteiger partial charge in [-0.1, -0.05) is 40.5 Å². The molecule has 0 saturated heterocycles. The van der Waals surface area contributed by atoms with Crippen LogP contribution in [0.25, 0.3) is 0 Å². The summed E-state index contributed by atoms with van der Waals surface area (Å²) >= 11 is 0. The molecule has 0 radical (unpaired) electrons. The number of hydrogen-bond donors (Lipinski definition) is 1. The van der Waals surface area contributed by atoms with Gasteiger partial charge in [-0.15, -0.1) is 0 Å². The third-order valence-corrected chi connectivity index (χ3v) is 2.42. The molecule has 1 heteroatoms. The molecule has 0 amide bonds. The molecule has 0 rings (SSSR count). The number of unbranched alkanes of at least 4 members (excludes halogenated alkanes) is 1. The van der Waals surface area contributed by atoms with Gasteiger partial charge in [-0.05, 0) is 37.8 Å². The first-order valence-electron chi connectivity index (χ1n) is 5.87. The summed E-state index contributed by atoms with van der Waals surface area (Å²) < 4.78 is 0. The largest absolute Gasteiger partial charge is 0.317 e. The Morgan fingerprint density at radius 1 is 1.08 bits per heavy atom. The molecule has 1 nitrogen and oxygen atoms in total. The van der Waals surface area contributed by atoms with E-state index in [2.05, 4.69) is 33.0 Å². The highest BCUT2D eigenvalue weighted by molar-refractivity contribution is 4.57. The third kappa shape index (κ3) is 9.88. The summed E-state index contributed by atoms with van der Waals surface area (Å²) in [5.41, 5.74) is 0. The Morgan fingerprint density at radius 3 is 2.31 bits per heavy atom. The Kier molecular flexibility index (Phi) is 8.53. The molecule has 1 unspecified atom stereocenters. The average Bonchev–Trinajstić information content (AvgIpc) is 2.02. The molecular formula is C12H27N. The standard InChI is InChI=1S/C12H27N/c1-5-13-9-7-6-8-12(4)10-11(2)3/h11-13H,5-10H2,1-4H3. The molecule has 0 fully saturated rings. The number of rotatable bonds is 8. The fourth-order valence-corrected chi connectivity index (χ4v) is 1.84. The molecule has 0 bridgehead atoms. The van der Waals surface area contributed by atoms with Crippen LogP contribution in [0.1, 0.15) is 53.4 Å². The van der Waals surface area contributed by atoms with E-state index in [4.69, 9.17) is 0 Å². The van der Waals surface area contributed by atoms with E-state index < -0.39 is 0 Å². The van der Waals surface area contributed by atoms with Gasteiger partial charge in [0.2, 0.25) is 0 Å². The summed E-state index contributed by atoms with van der Waals surface area (Å²) in [4.78, 5) is 0. The molecule has 0 aromatic rings. The van der Waals surface area contributed by atoms with Crippen molar-refractivity contribution in [2.24, 2.45) is 11.8 Å². The lowest BCUT2D eigenvalue weighted by molar-refractivity contribution is 0.399. The smallest absolute Gasteiger partial charge is 0.00490 e. The minimum absolute atomic E-state index is 0.865. The van der Waals surface area contributed by atoms with Crippen molar-refractivity contribution in [3.63, 3.8) is 0 Å². The molecular weight excluding hydrogens is 158 g/mol. The average molecular weight is 185 g/mol. The van der Waals surface area contributed by atoms with Gasteiger partial charge in [-0.3, -0.25) is 0 Å². The Balaban J connectivity index is 3.12. The summed E-state index contributed by atoms with van der Waals surface area (Å²) in [5.74, 6) is 1.78. The summed E-state index contributed by atoms with van der Waals surface area (Å²) in [7, 11) is 0. The maximum absolute atomic E-state index is 3.36. The van der Waals surface area contributed by atoms with Gasteiger partial charge in [-0.25, -0.2) is 0 Å². The van der Waals surface area contributed by atoms with Crippen LogP contribution in [0.5, 0.6) is 0 Å². The van der Waals surface area contributed by atoms with Crippen molar-refractivity contribution in [2.45, 2.75) is 53.4 Å². The highest BCUT2D eigenvalue weighted by atomic mass is 14.8.